The van der Waals surface area contributed by atoms with E-state index in [2.05, 4.69) is 26.0 Å². The van der Waals surface area contributed by atoms with Crippen LogP contribution in [-0.2, 0) is 7.05 Å². The summed E-state index contributed by atoms with van der Waals surface area (Å²) in [7, 11) is 1.83. The highest BCUT2D eigenvalue weighted by Gasteiger charge is 2.22. The number of aromatic nitrogens is 3. The second-order valence-electron chi connectivity index (χ2n) is 7.62. The first-order valence-corrected chi connectivity index (χ1v) is 10.4. The lowest BCUT2D eigenvalue weighted by molar-refractivity contribution is 0.189. The first kappa shape index (κ1) is 22.8. The predicted octanol–water partition coefficient (Wildman–Crippen LogP) is 4.35. The SMILES string of the molecule is CCCC[C@@H](Nc1nc(Nc2ccc3cnn(C)c3c2)c(C#N)cc1F)[C@H](C)NC(=O)O. The van der Waals surface area contributed by atoms with E-state index >= 15 is 0 Å². The molecule has 0 spiro atoms. The molecular formula is C22H26FN7O2. The predicted molar refractivity (Wildman–Crippen MR) is 120 cm³/mol. The van der Waals surface area contributed by atoms with Crippen LogP contribution in [0, 0.1) is 17.1 Å². The number of hydrogen-bond donors (Lipinski definition) is 4. The number of nitrogens with one attached hydrogen (secondary N) is 3. The number of halogens is 1. The third-order valence-electron chi connectivity index (χ3n) is 5.25. The van der Waals surface area contributed by atoms with Crippen molar-refractivity contribution in [1.29, 1.82) is 5.26 Å². The third-order valence-corrected chi connectivity index (χ3v) is 5.25. The van der Waals surface area contributed by atoms with Crippen molar-refractivity contribution < 1.29 is 14.3 Å². The topological polar surface area (TPSA) is 128 Å². The number of fused-ring (bicyclic) bond motifs is 1. The fourth-order valence-corrected chi connectivity index (χ4v) is 3.47. The highest BCUT2D eigenvalue weighted by Crippen LogP contribution is 2.26. The second kappa shape index (κ2) is 9.96. The molecule has 10 heteroatoms. The molecule has 0 aliphatic carbocycles. The molecule has 9 nitrogen and oxygen atoms in total. The van der Waals surface area contributed by atoms with Crippen molar-refractivity contribution in [2.75, 3.05) is 10.6 Å². The zero-order chi connectivity index (χ0) is 23.3. The van der Waals surface area contributed by atoms with Gasteiger partial charge < -0.3 is 21.1 Å². The standard InChI is InChI=1S/C22H26FN7O2/c1-4-5-6-18(13(2)26-22(31)32)28-21-17(23)9-15(11-24)20(29-21)27-16-8-7-14-12-25-30(3)19(14)10-16/h7-10,12-13,18,26H,4-6H2,1-3H3,(H,31,32)(H2,27,28,29)/t13-,18+/m0/s1. The normalized spacial score (nSPS) is 12.7. The molecule has 32 heavy (non-hydrogen) atoms. The summed E-state index contributed by atoms with van der Waals surface area (Å²) in [6.07, 6.45) is 2.96. The summed E-state index contributed by atoms with van der Waals surface area (Å²) in [6.45, 7) is 3.74. The molecule has 0 aliphatic rings. The van der Waals surface area contributed by atoms with E-state index in [4.69, 9.17) is 5.11 Å². The Morgan fingerprint density at radius 3 is 2.81 bits per heavy atom. The van der Waals surface area contributed by atoms with Gasteiger partial charge in [-0.3, -0.25) is 4.68 Å². The second-order valence-corrected chi connectivity index (χ2v) is 7.62. The van der Waals surface area contributed by atoms with Crippen LogP contribution in [0.1, 0.15) is 38.7 Å². The maximum absolute atomic E-state index is 14.7. The minimum Gasteiger partial charge on any atom is -0.465 e. The number of pyridine rings is 1. The Morgan fingerprint density at radius 1 is 1.34 bits per heavy atom. The van der Waals surface area contributed by atoms with Gasteiger partial charge in [0, 0.05) is 30.2 Å². The molecule has 3 rings (SSSR count). The zero-order valence-corrected chi connectivity index (χ0v) is 18.2. The van der Waals surface area contributed by atoms with Gasteiger partial charge in [-0.2, -0.15) is 10.4 Å². The van der Waals surface area contributed by atoms with Gasteiger partial charge in [0.05, 0.1) is 17.3 Å². The summed E-state index contributed by atoms with van der Waals surface area (Å²) in [4.78, 5) is 15.4. The number of hydrogen-bond acceptors (Lipinski definition) is 6. The number of rotatable bonds is 9. The molecule has 3 aromatic rings. The number of unbranched alkanes of at least 4 members (excludes halogenated alkanes) is 1. The number of anilines is 3. The summed E-state index contributed by atoms with van der Waals surface area (Å²) in [5, 5.41) is 32.2. The first-order chi connectivity index (χ1) is 15.3. The molecule has 0 bridgehead atoms. The lowest BCUT2D eigenvalue weighted by Gasteiger charge is -2.26. The highest BCUT2D eigenvalue weighted by atomic mass is 19.1. The van der Waals surface area contributed by atoms with Gasteiger partial charge in [-0.1, -0.05) is 19.8 Å². The number of benzene rings is 1. The van der Waals surface area contributed by atoms with Gasteiger partial charge in [-0.05, 0) is 37.6 Å². The Labute approximate surface area is 185 Å². The minimum absolute atomic E-state index is 0.0479. The van der Waals surface area contributed by atoms with Crippen molar-refractivity contribution in [1.82, 2.24) is 20.1 Å². The van der Waals surface area contributed by atoms with E-state index in [0.717, 1.165) is 29.8 Å². The Morgan fingerprint density at radius 2 is 2.12 bits per heavy atom. The maximum atomic E-state index is 14.7. The Bertz CT molecular complexity index is 1160. The van der Waals surface area contributed by atoms with Crippen LogP contribution in [-0.4, -0.2) is 38.0 Å². The summed E-state index contributed by atoms with van der Waals surface area (Å²) in [5.74, 6) is -0.530. The molecular weight excluding hydrogens is 413 g/mol. The molecule has 4 N–H and O–H groups in total. The fourth-order valence-electron chi connectivity index (χ4n) is 3.47. The lowest BCUT2D eigenvalue weighted by atomic mass is 10.0. The number of carbonyl (C=O) groups is 1. The van der Waals surface area contributed by atoms with Crippen molar-refractivity contribution in [3.63, 3.8) is 0 Å². The number of carboxylic acid groups (broad SMARTS) is 1. The van der Waals surface area contributed by atoms with Crippen molar-refractivity contribution in [3.05, 3.63) is 41.8 Å². The minimum atomic E-state index is -1.15. The smallest absolute Gasteiger partial charge is 0.404 e. The molecule has 2 heterocycles. The van der Waals surface area contributed by atoms with E-state index in [1.165, 1.54) is 0 Å². The van der Waals surface area contributed by atoms with Crippen LogP contribution in [0.25, 0.3) is 10.9 Å². The van der Waals surface area contributed by atoms with E-state index in [1.807, 2.05) is 38.2 Å². The summed E-state index contributed by atoms with van der Waals surface area (Å²) in [5.41, 5.74) is 1.62. The zero-order valence-electron chi connectivity index (χ0n) is 18.2. The van der Waals surface area contributed by atoms with Crippen LogP contribution in [0.5, 0.6) is 0 Å². The van der Waals surface area contributed by atoms with Crippen LogP contribution < -0.4 is 16.0 Å². The molecule has 0 saturated carbocycles. The molecule has 0 radical (unpaired) electrons. The van der Waals surface area contributed by atoms with Crippen LogP contribution in [0.4, 0.5) is 26.5 Å². The van der Waals surface area contributed by atoms with Gasteiger partial charge in [0.2, 0.25) is 0 Å². The highest BCUT2D eigenvalue weighted by molar-refractivity contribution is 5.83. The molecule has 1 amide bonds. The van der Waals surface area contributed by atoms with E-state index in [1.54, 1.807) is 17.8 Å². The van der Waals surface area contributed by atoms with Crippen LogP contribution >= 0.6 is 0 Å². The fraction of sp³-hybridized carbons (Fsp3) is 0.364. The summed E-state index contributed by atoms with van der Waals surface area (Å²) in [6, 6.07) is 7.81. The van der Waals surface area contributed by atoms with Crippen molar-refractivity contribution in [3.8, 4) is 6.07 Å². The van der Waals surface area contributed by atoms with Crippen LogP contribution in [0.2, 0.25) is 0 Å². The molecule has 0 unspecified atom stereocenters. The van der Waals surface area contributed by atoms with Crippen molar-refractivity contribution >= 4 is 34.3 Å². The molecule has 0 aliphatic heterocycles. The Hall–Kier alpha value is -3.87. The molecule has 0 saturated heterocycles. The largest absolute Gasteiger partial charge is 0.465 e. The van der Waals surface area contributed by atoms with E-state index in [-0.39, 0.29) is 23.2 Å². The van der Waals surface area contributed by atoms with Crippen LogP contribution in [0.15, 0.2) is 30.5 Å². The number of nitrogens with zero attached hydrogens (tertiary/aromatic N) is 4. The average Bonchev–Trinajstić information content (AvgIpc) is 3.12. The van der Waals surface area contributed by atoms with Gasteiger partial charge in [-0.15, -0.1) is 0 Å². The molecule has 0 fully saturated rings. The van der Waals surface area contributed by atoms with Crippen LogP contribution in [0.3, 0.4) is 0 Å². The number of nitriles is 1. The number of aryl methyl sites for hydroxylation is 1. The van der Waals surface area contributed by atoms with Gasteiger partial charge in [0.15, 0.2) is 17.5 Å². The Kier molecular flexibility index (Phi) is 7.10. The van der Waals surface area contributed by atoms with E-state index in [9.17, 15) is 14.4 Å². The maximum Gasteiger partial charge on any atom is 0.404 e. The van der Waals surface area contributed by atoms with Gasteiger partial charge in [0.25, 0.3) is 0 Å². The number of amides is 1. The van der Waals surface area contributed by atoms with Gasteiger partial charge in [0.1, 0.15) is 6.07 Å². The molecule has 2 aromatic heterocycles. The Balaban J connectivity index is 1.91. The summed E-state index contributed by atoms with van der Waals surface area (Å²) < 4.78 is 16.5. The monoisotopic (exact) mass is 439 g/mol. The van der Waals surface area contributed by atoms with Crippen molar-refractivity contribution in [2.24, 2.45) is 7.05 Å². The molecule has 1 aromatic carbocycles. The summed E-state index contributed by atoms with van der Waals surface area (Å²) >= 11 is 0. The van der Waals surface area contributed by atoms with Gasteiger partial charge in [-0.25, -0.2) is 14.2 Å². The first-order valence-electron chi connectivity index (χ1n) is 10.4. The average molecular weight is 439 g/mol. The van der Waals surface area contributed by atoms with Gasteiger partial charge >= 0.3 is 6.09 Å². The quantitative estimate of drug-likeness (QED) is 0.390. The lowest BCUT2D eigenvalue weighted by Crippen LogP contribution is -2.44. The third kappa shape index (κ3) is 5.24. The van der Waals surface area contributed by atoms with Crippen molar-refractivity contribution in [2.45, 2.75) is 45.2 Å². The molecule has 2 atom stereocenters. The van der Waals surface area contributed by atoms with E-state index < -0.39 is 18.0 Å². The molecule has 168 valence electrons. The van der Waals surface area contributed by atoms with E-state index in [0.29, 0.717) is 12.1 Å².